The molecule has 0 heterocycles. The van der Waals surface area contributed by atoms with E-state index in [0.29, 0.717) is 13.2 Å². The summed E-state index contributed by atoms with van der Waals surface area (Å²) in [5.41, 5.74) is 0.802. The standard InChI is InChI=1S/C14H20N2O2/c1-4-11(10-15)16-13-9-12(17-5-2)7-8-14(13)18-6-3/h7-9,11,16H,4-6H2,1-3H3. The summed E-state index contributed by atoms with van der Waals surface area (Å²) in [6, 6.07) is 7.59. The molecule has 1 unspecified atom stereocenters. The van der Waals surface area contributed by atoms with E-state index in [4.69, 9.17) is 14.7 Å². The molecule has 0 bridgehead atoms. The highest BCUT2D eigenvalue weighted by Crippen LogP contribution is 2.30. The average molecular weight is 248 g/mol. The Hall–Kier alpha value is -1.89. The first-order chi connectivity index (χ1) is 8.74. The van der Waals surface area contributed by atoms with E-state index in [2.05, 4.69) is 11.4 Å². The molecule has 98 valence electrons. The Morgan fingerprint density at radius 1 is 1.22 bits per heavy atom. The lowest BCUT2D eigenvalue weighted by atomic mass is 10.2. The van der Waals surface area contributed by atoms with Crippen LogP contribution in [-0.2, 0) is 0 Å². The molecule has 18 heavy (non-hydrogen) atoms. The third-order valence-electron chi connectivity index (χ3n) is 2.46. The number of hydrogen-bond donors (Lipinski definition) is 1. The number of benzene rings is 1. The lowest BCUT2D eigenvalue weighted by Gasteiger charge is -2.16. The van der Waals surface area contributed by atoms with Gasteiger partial charge in [-0.1, -0.05) is 6.92 Å². The summed E-state index contributed by atoms with van der Waals surface area (Å²) in [5.74, 6) is 1.52. The van der Waals surface area contributed by atoms with Crippen LogP contribution in [0.1, 0.15) is 27.2 Å². The molecule has 0 aromatic heterocycles. The molecule has 4 nitrogen and oxygen atoms in total. The first-order valence-corrected chi connectivity index (χ1v) is 6.30. The zero-order valence-corrected chi connectivity index (χ0v) is 11.2. The number of ether oxygens (including phenoxy) is 2. The van der Waals surface area contributed by atoms with Crippen LogP contribution in [0.2, 0.25) is 0 Å². The fourth-order valence-electron chi connectivity index (χ4n) is 1.57. The SMILES string of the molecule is CCOc1ccc(OCC)c(NC(C#N)CC)c1. The van der Waals surface area contributed by atoms with E-state index in [1.165, 1.54) is 0 Å². The first kappa shape index (κ1) is 14.2. The molecular formula is C14H20N2O2. The fraction of sp³-hybridized carbons (Fsp3) is 0.500. The quantitative estimate of drug-likeness (QED) is 0.805. The molecule has 1 aromatic carbocycles. The van der Waals surface area contributed by atoms with Crippen LogP contribution in [0.15, 0.2) is 18.2 Å². The summed E-state index contributed by atoms with van der Waals surface area (Å²) in [7, 11) is 0. The molecule has 0 aliphatic rings. The summed E-state index contributed by atoms with van der Waals surface area (Å²) in [6.07, 6.45) is 0.737. The molecule has 0 saturated carbocycles. The second-order valence-electron chi connectivity index (χ2n) is 3.76. The Morgan fingerprint density at radius 2 is 1.94 bits per heavy atom. The number of rotatable bonds is 7. The highest BCUT2D eigenvalue weighted by atomic mass is 16.5. The molecule has 1 atom stereocenters. The minimum atomic E-state index is -0.221. The van der Waals surface area contributed by atoms with Crippen LogP contribution >= 0.6 is 0 Å². The van der Waals surface area contributed by atoms with Crippen LogP contribution in [-0.4, -0.2) is 19.3 Å². The van der Waals surface area contributed by atoms with Gasteiger partial charge in [0.05, 0.1) is 25.0 Å². The van der Waals surface area contributed by atoms with E-state index in [9.17, 15) is 0 Å². The highest BCUT2D eigenvalue weighted by Gasteiger charge is 2.10. The zero-order chi connectivity index (χ0) is 13.4. The smallest absolute Gasteiger partial charge is 0.142 e. The van der Waals surface area contributed by atoms with Crippen molar-refractivity contribution in [2.45, 2.75) is 33.2 Å². The van der Waals surface area contributed by atoms with E-state index in [0.717, 1.165) is 23.6 Å². The molecule has 1 aromatic rings. The lowest BCUT2D eigenvalue weighted by Crippen LogP contribution is -2.16. The van der Waals surface area contributed by atoms with Crippen LogP contribution in [0.5, 0.6) is 11.5 Å². The van der Waals surface area contributed by atoms with Crippen molar-refractivity contribution in [3.8, 4) is 17.6 Å². The lowest BCUT2D eigenvalue weighted by molar-refractivity contribution is 0.331. The van der Waals surface area contributed by atoms with Gasteiger partial charge in [-0.05, 0) is 32.4 Å². The van der Waals surface area contributed by atoms with Gasteiger partial charge >= 0.3 is 0 Å². The van der Waals surface area contributed by atoms with Crippen molar-refractivity contribution in [2.75, 3.05) is 18.5 Å². The van der Waals surface area contributed by atoms with Crippen molar-refractivity contribution in [2.24, 2.45) is 0 Å². The Bertz CT molecular complexity index is 413. The Labute approximate surface area is 109 Å². The fourth-order valence-corrected chi connectivity index (χ4v) is 1.57. The Kier molecular flexibility index (Phi) is 5.86. The molecule has 0 saturated heterocycles. The first-order valence-electron chi connectivity index (χ1n) is 6.30. The van der Waals surface area contributed by atoms with Crippen LogP contribution < -0.4 is 14.8 Å². The second-order valence-corrected chi connectivity index (χ2v) is 3.76. The van der Waals surface area contributed by atoms with Crippen LogP contribution in [0.3, 0.4) is 0 Å². The van der Waals surface area contributed by atoms with Gasteiger partial charge < -0.3 is 14.8 Å². The zero-order valence-electron chi connectivity index (χ0n) is 11.2. The number of nitrogens with zero attached hydrogens (tertiary/aromatic N) is 1. The van der Waals surface area contributed by atoms with Crippen LogP contribution in [0, 0.1) is 11.3 Å². The summed E-state index contributed by atoms with van der Waals surface area (Å²) in [6.45, 7) is 7.04. The molecule has 1 N–H and O–H groups in total. The summed E-state index contributed by atoms with van der Waals surface area (Å²) < 4.78 is 11.0. The normalized spacial score (nSPS) is 11.4. The minimum Gasteiger partial charge on any atom is -0.494 e. The number of anilines is 1. The van der Waals surface area contributed by atoms with Gasteiger partial charge in [0.1, 0.15) is 17.5 Å². The molecule has 4 heteroatoms. The Balaban J connectivity index is 2.95. The summed E-state index contributed by atoms with van der Waals surface area (Å²) in [4.78, 5) is 0. The number of nitrogens with one attached hydrogen (secondary N) is 1. The van der Waals surface area contributed by atoms with E-state index in [-0.39, 0.29) is 6.04 Å². The predicted molar refractivity (Wildman–Crippen MR) is 72.1 cm³/mol. The molecule has 0 aliphatic carbocycles. The van der Waals surface area contributed by atoms with Gasteiger partial charge in [-0.15, -0.1) is 0 Å². The van der Waals surface area contributed by atoms with E-state index < -0.39 is 0 Å². The highest BCUT2D eigenvalue weighted by molar-refractivity contribution is 5.60. The minimum absolute atomic E-state index is 0.221. The van der Waals surface area contributed by atoms with Gasteiger partial charge in [0.2, 0.25) is 0 Å². The third-order valence-corrected chi connectivity index (χ3v) is 2.46. The van der Waals surface area contributed by atoms with Gasteiger partial charge in [0.15, 0.2) is 0 Å². The van der Waals surface area contributed by atoms with Crippen molar-refractivity contribution < 1.29 is 9.47 Å². The number of nitriles is 1. The largest absolute Gasteiger partial charge is 0.494 e. The summed E-state index contributed by atoms with van der Waals surface area (Å²) in [5, 5.41) is 12.2. The molecule has 0 radical (unpaired) electrons. The third kappa shape index (κ3) is 3.85. The van der Waals surface area contributed by atoms with E-state index >= 15 is 0 Å². The maximum Gasteiger partial charge on any atom is 0.142 e. The van der Waals surface area contributed by atoms with Gasteiger partial charge in [-0.3, -0.25) is 0 Å². The maximum atomic E-state index is 9.00. The van der Waals surface area contributed by atoms with Crippen molar-refractivity contribution in [1.82, 2.24) is 0 Å². The van der Waals surface area contributed by atoms with Crippen molar-refractivity contribution >= 4 is 5.69 Å². The van der Waals surface area contributed by atoms with Crippen molar-refractivity contribution in [3.63, 3.8) is 0 Å². The summed E-state index contributed by atoms with van der Waals surface area (Å²) >= 11 is 0. The Morgan fingerprint density at radius 3 is 2.50 bits per heavy atom. The van der Waals surface area contributed by atoms with Gasteiger partial charge in [-0.2, -0.15) is 5.26 Å². The number of hydrogen-bond acceptors (Lipinski definition) is 4. The molecular weight excluding hydrogens is 228 g/mol. The molecule has 1 rings (SSSR count). The van der Waals surface area contributed by atoms with E-state index in [1.54, 1.807) is 0 Å². The van der Waals surface area contributed by atoms with Gasteiger partial charge in [0, 0.05) is 6.07 Å². The maximum absolute atomic E-state index is 9.00. The van der Waals surface area contributed by atoms with Crippen molar-refractivity contribution in [1.29, 1.82) is 5.26 Å². The van der Waals surface area contributed by atoms with Crippen LogP contribution in [0.25, 0.3) is 0 Å². The molecule has 0 amide bonds. The molecule has 0 aliphatic heterocycles. The second kappa shape index (κ2) is 7.44. The monoisotopic (exact) mass is 248 g/mol. The topological polar surface area (TPSA) is 54.3 Å². The van der Waals surface area contributed by atoms with Crippen LogP contribution in [0.4, 0.5) is 5.69 Å². The molecule has 0 fully saturated rings. The van der Waals surface area contributed by atoms with Gasteiger partial charge in [-0.25, -0.2) is 0 Å². The average Bonchev–Trinajstić information content (AvgIpc) is 2.39. The van der Waals surface area contributed by atoms with E-state index in [1.807, 2.05) is 39.0 Å². The predicted octanol–water partition coefficient (Wildman–Crippen LogP) is 3.20. The molecule has 0 spiro atoms. The van der Waals surface area contributed by atoms with Crippen molar-refractivity contribution in [3.05, 3.63) is 18.2 Å². The van der Waals surface area contributed by atoms with Gasteiger partial charge in [0.25, 0.3) is 0 Å².